The van der Waals surface area contributed by atoms with E-state index in [0.717, 1.165) is 23.4 Å². The van der Waals surface area contributed by atoms with E-state index in [1.165, 1.54) is 6.07 Å². The van der Waals surface area contributed by atoms with Crippen LogP contribution in [0.5, 0.6) is 0 Å². The van der Waals surface area contributed by atoms with E-state index in [2.05, 4.69) is 9.97 Å². The Hall–Kier alpha value is -2.43. The molecule has 0 saturated carbocycles. The van der Waals surface area contributed by atoms with Gasteiger partial charge in [0.25, 0.3) is 5.91 Å². The van der Waals surface area contributed by atoms with Crippen molar-refractivity contribution in [1.29, 1.82) is 0 Å². The number of fused-ring (bicyclic) bond motifs is 1. The number of carbonyl (C=O) groups excluding carboxylic acids is 1. The first-order valence-electron chi connectivity index (χ1n) is 7.05. The molecule has 3 heterocycles. The number of H-pyrrole nitrogens is 1. The Labute approximate surface area is 122 Å². The molecule has 5 nitrogen and oxygen atoms in total. The maximum Gasteiger partial charge on any atom is 0.258 e. The van der Waals surface area contributed by atoms with Crippen LogP contribution in [0.25, 0.3) is 0 Å². The first-order valence-corrected chi connectivity index (χ1v) is 7.05. The molecule has 1 amide bonds. The van der Waals surface area contributed by atoms with Crippen molar-refractivity contribution in [2.75, 3.05) is 11.4 Å². The van der Waals surface area contributed by atoms with Crippen molar-refractivity contribution >= 4 is 11.6 Å². The zero-order chi connectivity index (χ0) is 15.0. The second kappa shape index (κ2) is 5.16. The van der Waals surface area contributed by atoms with E-state index in [-0.39, 0.29) is 17.4 Å². The fraction of sp³-hybridized carbons (Fsp3) is 0.312. The van der Waals surface area contributed by atoms with E-state index >= 15 is 0 Å². The van der Waals surface area contributed by atoms with Crippen LogP contribution < -0.4 is 10.5 Å². The molecule has 0 radical (unpaired) electrons. The molecule has 1 N–H and O–H groups in total. The molecule has 1 aliphatic rings. The molecule has 0 fully saturated rings. The van der Waals surface area contributed by atoms with Crippen LogP contribution in [0, 0.1) is 0 Å². The van der Waals surface area contributed by atoms with E-state index in [0.29, 0.717) is 12.1 Å². The third-order valence-corrected chi connectivity index (χ3v) is 3.76. The van der Waals surface area contributed by atoms with Crippen LogP contribution in [-0.2, 0) is 6.42 Å². The van der Waals surface area contributed by atoms with Crippen molar-refractivity contribution < 1.29 is 4.79 Å². The number of carbonyl (C=O) groups is 1. The summed E-state index contributed by atoms with van der Waals surface area (Å²) in [5, 5.41) is 0. The smallest absolute Gasteiger partial charge is 0.258 e. The third kappa shape index (κ3) is 2.46. The molecule has 0 aromatic carbocycles. The molecule has 2 aromatic rings. The third-order valence-electron chi connectivity index (χ3n) is 3.76. The number of rotatable bonds is 2. The molecule has 0 bridgehead atoms. The van der Waals surface area contributed by atoms with Crippen molar-refractivity contribution in [3.05, 3.63) is 57.8 Å². The predicted octanol–water partition coefficient (Wildman–Crippen LogP) is 2.10. The van der Waals surface area contributed by atoms with E-state index in [4.69, 9.17) is 0 Å². The highest BCUT2D eigenvalue weighted by Gasteiger charge is 2.26. The number of hydrogen-bond acceptors (Lipinski definition) is 3. The molecule has 0 atom stereocenters. The van der Waals surface area contributed by atoms with E-state index in [9.17, 15) is 9.59 Å². The van der Waals surface area contributed by atoms with Crippen LogP contribution in [0.15, 0.2) is 35.4 Å². The molecule has 3 rings (SSSR count). The Morgan fingerprint density at radius 2 is 2.19 bits per heavy atom. The lowest BCUT2D eigenvalue weighted by molar-refractivity contribution is 0.0989. The van der Waals surface area contributed by atoms with E-state index in [1.54, 1.807) is 23.4 Å². The Morgan fingerprint density at radius 1 is 1.38 bits per heavy atom. The lowest BCUT2D eigenvalue weighted by Gasteiger charge is -2.17. The summed E-state index contributed by atoms with van der Waals surface area (Å²) < 4.78 is 0. The number of hydrogen-bond donors (Lipinski definition) is 1. The SMILES string of the molecule is CC(C)c1cc(C(=O)N2CCc3ccncc32)cc(=O)[nH]1. The first kappa shape index (κ1) is 13.5. The average Bonchev–Trinajstić information content (AvgIpc) is 2.89. The molecular formula is C16H17N3O2. The van der Waals surface area contributed by atoms with E-state index < -0.39 is 0 Å². The van der Waals surface area contributed by atoms with Gasteiger partial charge in [0.15, 0.2) is 0 Å². The standard InChI is InChI=1S/C16H17N3O2/c1-10(2)13-7-12(8-15(20)18-13)16(21)19-6-4-11-3-5-17-9-14(11)19/h3,5,7-10H,4,6H2,1-2H3,(H,18,20). The summed E-state index contributed by atoms with van der Waals surface area (Å²) in [7, 11) is 0. The van der Waals surface area contributed by atoms with Gasteiger partial charge in [0.05, 0.1) is 11.9 Å². The zero-order valence-corrected chi connectivity index (χ0v) is 12.1. The number of pyridine rings is 2. The molecular weight excluding hydrogens is 266 g/mol. The van der Waals surface area contributed by atoms with Crippen LogP contribution in [0.2, 0.25) is 0 Å². The maximum atomic E-state index is 12.7. The van der Waals surface area contributed by atoms with Gasteiger partial charge in [-0.15, -0.1) is 0 Å². The highest BCUT2D eigenvalue weighted by molar-refractivity contribution is 6.07. The fourth-order valence-corrected chi connectivity index (χ4v) is 2.59. The highest BCUT2D eigenvalue weighted by atomic mass is 16.2. The van der Waals surface area contributed by atoms with Crippen LogP contribution in [-0.4, -0.2) is 22.4 Å². The van der Waals surface area contributed by atoms with Gasteiger partial charge in [-0.3, -0.25) is 14.6 Å². The number of anilines is 1. The molecule has 2 aromatic heterocycles. The zero-order valence-electron chi connectivity index (χ0n) is 12.1. The van der Waals surface area contributed by atoms with Gasteiger partial charge in [0.1, 0.15) is 0 Å². The van der Waals surface area contributed by atoms with Gasteiger partial charge >= 0.3 is 0 Å². The highest BCUT2D eigenvalue weighted by Crippen LogP contribution is 2.28. The van der Waals surface area contributed by atoms with Gasteiger partial charge in [-0.25, -0.2) is 0 Å². The Balaban J connectivity index is 1.99. The van der Waals surface area contributed by atoms with Crippen molar-refractivity contribution in [2.45, 2.75) is 26.2 Å². The summed E-state index contributed by atoms with van der Waals surface area (Å²) in [5.41, 5.74) is 2.92. The van der Waals surface area contributed by atoms with Gasteiger partial charge in [-0.05, 0) is 30.0 Å². The average molecular weight is 283 g/mol. The molecule has 0 spiro atoms. The van der Waals surface area contributed by atoms with Crippen LogP contribution in [0.1, 0.15) is 41.4 Å². The Bertz CT molecular complexity index is 749. The molecule has 1 aliphatic heterocycles. The number of nitrogens with zero attached hydrogens (tertiary/aromatic N) is 2. The van der Waals surface area contributed by atoms with Crippen LogP contribution in [0.3, 0.4) is 0 Å². The summed E-state index contributed by atoms with van der Waals surface area (Å²) in [6, 6.07) is 5.06. The summed E-state index contributed by atoms with van der Waals surface area (Å²) in [6.07, 6.45) is 4.26. The normalized spacial score (nSPS) is 13.6. The van der Waals surface area contributed by atoms with Gasteiger partial charge in [0, 0.05) is 30.1 Å². The minimum absolute atomic E-state index is 0.144. The van der Waals surface area contributed by atoms with Gasteiger partial charge in [-0.1, -0.05) is 13.8 Å². The lowest BCUT2D eigenvalue weighted by atomic mass is 10.1. The lowest BCUT2D eigenvalue weighted by Crippen LogP contribution is -2.30. The second-order valence-electron chi connectivity index (χ2n) is 5.55. The molecule has 0 unspecified atom stereocenters. The molecule has 0 aliphatic carbocycles. The Morgan fingerprint density at radius 3 is 2.95 bits per heavy atom. The Kier molecular flexibility index (Phi) is 3.33. The largest absolute Gasteiger partial charge is 0.326 e. The van der Waals surface area contributed by atoms with Crippen molar-refractivity contribution in [2.24, 2.45) is 0 Å². The monoisotopic (exact) mass is 283 g/mol. The van der Waals surface area contributed by atoms with Crippen molar-refractivity contribution in [3.8, 4) is 0 Å². The molecule has 108 valence electrons. The molecule has 21 heavy (non-hydrogen) atoms. The molecule has 5 heteroatoms. The van der Waals surface area contributed by atoms with Crippen molar-refractivity contribution in [1.82, 2.24) is 9.97 Å². The van der Waals surface area contributed by atoms with Crippen LogP contribution in [0.4, 0.5) is 5.69 Å². The number of amides is 1. The van der Waals surface area contributed by atoms with Gasteiger partial charge in [-0.2, -0.15) is 0 Å². The minimum atomic E-state index is -0.241. The maximum absolute atomic E-state index is 12.7. The van der Waals surface area contributed by atoms with E-state index in [1.807, 2.05) is 19.9 Å². The van der Waals surface area contributed by atoms with Gasteiger partial charge in [0.2, 0.25) is 5.56 Å². The predicted molar refractivity (Wildman–Crippen MR) is 80.8 cm³/mol. The summed E-state index contributed by atoms with van der Waals surface area (Å²) in [4.78, 5) is 33.0. The number of aromatic nitrogens is 2. The van der Waals surface area contributed by atoms with Crippen molar-refractivity contribution in [3.63, 3.8) is 0 Å². The van der Waals surface area contributed by atoms with Crippen LogP contribution >= 0.6 is 0 Å². The summed E-state index contributed by atoms with van der Waals surface area (Å²) in [5.74, 6) is 0.0210. The summed E-state index contributed by atoms with van der Waals surface area (Å²) in [6.45, 7) is 4.59. The quantitative estimate of drug-likeness (QED) is 0.917. The number of nitrogens with one attached hydrogen (secondary N) is 1. The second-order valence-corrected chi connectivity index (χ2v) is 5.55. The topological polar surface area (TPSA) is 66.1 Å². The first-order chi connectivity index (χ1) is 10.1. The minimum Gasteiger partial charge on any atom is -0.326 e. The fourth-order valence-electron chi connectivity index (χ4n) is 2.59. The van der Waals surface area contributed by atoms with Gasteiger partial charge < -0.3 is 9.88 Å². The summed E-state index contributed by atoms with van der Waals surface area (Å²) >= 11 is 0. The molecule has 0 saturated heterocycles. The number of aromatic amines is 1.